The molecule has 0 atom stereocenters. The molecule has 1 heteroatoms. The van der Waals surface area contributed by atoms with Crippen molar-refractivity contribution >= 4 is 0 Å². The molecule has 1 aromatic carbocycles. The van der Waals surface area contributed by atoms with Gasteiger partial charge in [0.1, 0.15) is 0 Å². The fourth-order valence-corrected chi connectivity index (χ4v) is 2.38. The van der Waals surface area contributed by atoms with Crippen molar-refractivity contribution in [3.05, 3.63) is 35.4 Å². The van der Waals surface area contributed by atoms with Crippen molar-refractivity contribution < 1.29 is 0 Å². The molecular formula is C15H23N. The van der Waals surface area contributed by atoms with E-state index in [0.29, 0.717) is 17.5 Å². The smallest absolute Gasteiger partial charge is 0.0438 e. The summed E-state index contributed by atoms with van der Waals surface area (Å²) in [7, 11) is 0. The van der Waals surface area contributed by atoms with Crippen LogP contribution in [-0.2, 0) is 5.54 Å². The minimum atomic E-state index is 0.295. The molecule has 0 amide bonds. The second kappa shape index (κ2) is 4.21. The number of rotatable bonds is 4. The van der Waals surface area contributed by atoms with Crippen LogP contribution in [0.15, 0.2) is 24.3 Å². The predicted octanol–water partition coefficient (Wildman–Crippen LogP) is 3.80. The summed E-state index contributed by atoms with van der Waals surface area (Å²) in [6, 6.07) is 9.73. The molecule has 0 spiro atoms. The summed E-state index contributed by atoms with van der Waals surface area (Å²) in [6.45, 7) is 8.94. The van der Waals surface area contributed by atoms with Gasteiger partial charge < -0.3 is 5.32 Å². The summed E-state index contributed by atoms with van der Waals surface area (Å²) in [5.41, 5.74) is 3.19. The molecule has 0 heterocycles. The van der Waals surface area contributed by atoms with Gasteiger partial charge in [0.25, 0.3) is 0 Å². The van der Waals surface area contributed by atoms with E-state index in [9.17, 15) is 0 Å². The van der Waals surface area contributed by atoms with Crippen molar-refractivity contribution in [3.8, 4) is 0 Å². The van der Waals surface area contributed by atoms with E-state index in [4.69, 9.17) is 0 Å². The maximum Gasteiger partial charge on any atom is 0.0438 e. The average molecular weight is 217 g/mol. The molecule has 1 aliphatic rings. The Morgan fingerprint density at radius 3 is 1.94 bits per heavy atom. The van der Waals surface area contributed by atoms with Gasteiger partial charge in [-0.3, -0.25) is 0 Å². The highest BCUT2D eigenvalue weighted by atomic mass is 15.0. The molecule has 1 N–H and O–H groups in total. The van der Waals surface area contributed by atoms with Gasteiger partial charge in [-0.05, 0) is 29.9 Å². The largest absolute Gasteiger partial charge is 0.305 e. The average Bonchev–Trinajstić information content (AvgIpc) is 2.98. The van der Waals surface area contributed by atoms with Crippen molar-refractivity contribution in [2.45, 2.75) is 58.0 Å². The Morgan fingerprint density at radius 2 is 1.56 bits per heavy atom. The van der Waals surface area contributed by atoms with Gasteiger partial charge in [-0.25, -0.2) is 0 Å². The van der Waals surface area contributed by atoms with Gasteiger partial charge in [-0.1, -0.05) is 52.0 Å². The lowest BCUT2D eigenvalue weighted by molar-refractivity contribution is 0.461. The lowest BCUT2D eigenvalue weighted by atomic mass is 9.97. The van der Waals surface area contributed by atoms with E-state index in [2.05, 4.69) is 57.3 Å². The highest BCUT2D eigenvalue weighted by Gasteiger charge is 2.44. The van der Waals surface area contributed by atoms with E-state index in [0.717, 1.165) is 0 Å². The SMILES string of the molecule is CC(C)NC1(c2ccc(C(C)C)cc2)CC1. The number of hydrogen-bond acceptors (Lipinski definition) is 1. The summed E-state index contributed by atoms with van der Waals surface area (Å²) >= 11 is 0. The summed E-state index contributed by atoms with van der Waals surface area (Å²) in [4.78, 5) is 0. The van der Waals surface area contributed by atoms with Crippen molar-refractivity contribution in [1.82, 2.24) is 5.32 Å². The van der Waals surface area contributed by atoms with E-state index in [1.807, 2.05) is 0 Å². The van der Waals surface area contributed by atoms with Gasteiger partial charge in [0.05, 0.1) is 0 Å². The first-order valence-electron chi connectivity index (χ1n) is 6.42. The zero-order chi connectivity index (χ0) is 11.8. The van der Waals surface area contributed by atoms with E-state index in [1.54, 1.807) is 0 Å². The first-order chi connectivity index (χ1) is 7.53. The quantitative estimate of drug-likeness (QED) is 0.809. The molecule has 1 aromatic rings. The molecule has 1 saturated carbocycles. The van der Waals surface area contributed by atoms with Crippen molar-refractivity contribution in [2.24, 2.45) is 0 Å². The summed E-state index contributed by atoms with van der Waals surface area (Å²) in [5, 5.41) is 3.70. The van der Waals surface area contributed by atoms with Crippen molar-refractivity contribution in [3.63, 3.8) is 0 Å². The van der Waals surface area contributed by atoms with E-state index < -0.39 is 0 Å². The highest BCUT2D eigenvalue weighted by Crippen LogP contribution is 2.46. The van der Waals surface area contributed by atoms with Crippen LogP contribution in [0.3, 0.4) is 0 Å². The molecule has 16 heavy (non-hydrogen) atoms. The third kappa shape index (κ3) is 2.30. The first-order valence-corrected chi connectivity index (χ1v) is 6.42. The Hall–Kier alpha value is -0.820. The molecule has 0 saturated heterocycles. The van der Waals surface area contributed by atoms with Crippen LogP contribution in [0.5, 0.6) is 0 Å². The Labute approximate surface area is 99.3 Å². The lowest BCUT2D eigenvalue weighted by Crippen LogP contribution is -2.34. The monoisotopic (exact) mass is 217 g/mol. The van der Waals surface area contributed by atoms with Crippen molar-refractivity contribution in [1.29, 1.82) is 0 Å². The maximum atomic E-state index is 3.70. The molecule has 1 fully saturated rings. The van der Waals surface area contributed by atoms with Crippen LogP contribution in [0.1, 0.15) is 57.6 Å². The zero-order valence-corrected chi connectivity index (χ0v) is 10.9. The topological polar surface area (TPSA) is 12.0 Å². The van der Waals surface area contributed by atoms with Crippen LogP contribution in [0.2, 0.25) is 0 Å². The van der Waals surface area contributed by atoms with Crippen LogP contribution >= 0.6 is 0 Å². The minimum Gasteiger partial charge on any atom is -0.305 e. The molecule has 1 aliphatic carbocycles. The maximum absolute atomic E-state index is 3.70. The van der Waals surface area contributed by atoms with E-state index >= 15 is 0 Å². The molecule has 2 rings (SSSR count). The fraction of sp³-hybridized carbons (Fsp3) is 0.600. The molecule has 0 unspecified atom stereocenters. The summed E-state index contributed by atoms with van der Waals surface area (Å²) < 4.78 is 0. The highest BCUT2D eigenvalue weighted by molar-refractivity contribution is 5.33. The van der Waals surface area contributed by atoms with Gasteiger partial charge in [0.2, 0.25) is 0 Å². The van der Waals surface area contributed by atoms with Crippen molar-refractivity contribution in [2.75, 3.05) is 0 Å². The minimum absolute atomic E-state index is 0.295. The summed E-state index contributed by atoms with van der Waals surface area (Å²) in [5.74, 6) is 0.627. The summed E-state index contributed by atoms with van der Waals surface area (Å²) in [6.07, 6.45) is 2.57. The Kier molecular flexibility index (Phi) is 3.07. The fourth-order valence-electron chi connectivity index (χ4n) is 2.38. The molecule has 0 aromatic heterocycles. The predicted molar refractivity (Wildman–Crippen MR) is 69.7 cm³/mol. The van der Waals surface area contributed by atoms with Gasteiger partial charge >= 0.3 is 0 Å². The molecule has 0 bridgehead atoms. The van der Waals surface area contributed by atoms with E-state index in [1.165, 1.54) is 24.0 Å². The number of benzene rings is 1. The van der Waals surface area contributed by atoms with Gasteiger partial charge in [0.15, 0.2) is 0 Å². The molecule has 0 aliphatic heterocycles. The third-order valence-corrected chi connectivity index (χ3v) is 3.44. The second-order valence-corrected chi connectivity index (χ2v) is 5.66. The molecule has 88 valence electrons. The van der Waals surface area contributed by atoms with Crippen LogP contribution < -0.4 is 5.32 Å². The normalized spacial score (nSPS) is 18.1. The first kappa shape index (κ1) is 11.7. The van der Waals surface area contributed by atoms with E-state index in [-0.39, 0.29) is 0 Å². The van der Waals surface area contributed by atoms with Crippen LogP contribution in [0.4, 0.5) is 0 Å². The Morgan fingerprint density at radius 1 is 1.00 bits per heavy atom. The van der Waals surface area contributed by atoms with Gasteiger partial charge in [-0.15, -0.1) is 0 Å². The Bertz CT molecular complexity index is 344. The Balaban J connectivity index is 2.15. The standard InChI is InChI=1S/C15H23N/c1-11(2)13-5-7-14(8-6-13)15(9-10-15)16-12(3)4/h5-8,11-12,16H,9-10H2,1-4H3. The van der Waals surface area contributed by atoms with Crippen LogP contribution in [0, 0.1) is 0 Å². The second-order valence-electron chi connectivity index (χ2n) is 5.66. The van der Waals surface area contributed by atoms with Crippen LogP contribution in [-0.4, -0.2) is 6.04 Å². The third-order valence-electron chi connectivity index (χ3n) is 3.44. The van der Waals surface area contributed by atoms with Crippen LogP contribution in [0.25, 0.3) is 0 Å². The zero-order valence-electron chi connectivity index (χ0n) is 10.9. The van der Waals surface area contributed by atoms with Gasteiger partial charge in [-0.2, -0.15) is 0 Å². The number of hydrogen-bond donors (Lipinski definition) is 1. The lowest BCUT2D eigenvalue weighted by Gasteiger charge is -2.21. The molecule has 0 radical (unpaired) electrons. The molecular weight excluding hydrogens is 194 g/mol. The van der Waals surface area contributed by atoms with Gasteiger partial charge in [0, 0.05) is 11.6 Å². The number of nitrogens with one attached hydrogen (secondary N) is 1. The molecule has 1 nitrogen and oxygen atoms in total.